The summed E-state index contributed by atoms with van der Waals surface area (Å²) in [5.41, 5.74) is 0.741. The molecular formula is C19H20ClN3O5S. The molecule has 1 saturated heterocycles. The molecule has 1 fully saturated rings. The maximum absolute atomic E-state index is 13.0. The fourth-order valence-electron chi connectivity index (χ4n) is 3.25. The second-order valence-electron chi connectivity index (χ2n) is 6.91. The van der Waals surface area contributed by atoms with Crippen molar-refractivity contribution < 1.29 is 18.1 Å². The molecule has 1 heterocycles. The van der Waals surface area contributed by atoms with Gasteiger partial charge in [0.25, 0.3) is 21.6 Å². The molecule has 3 rings (SSSR count). The summed E-state index contributed by atoms with van der Waals surface area (Å²) in [7, 11) is -4.22. The predicted octanol–water partition coefficient (Wildman–Crippen LogP) is 3.90. The van der Waals surface area contributed by atoms with E-state index in [0.717, 1.165) is 25.0 Å². The highest BCUT2D eigenvalue weighted by Crippen LogP contribution is 2.32. The normalized spacial score (nSPS) is 14.1. The van der Waals surface area contributed by atoms with Crippen molar-refractivity contribution in [3.8, 4) is 0 Å². The number of hydrogen-bond donors (Lipinski definition) is 1. The number of hydrogen-bond acceptors (Lipinski definition) is 5. The standard InChI is InChI=1S/C19H20ClN3O5S/c1-12-6-5-7-15(19(24)22-8-3-4-9-22)18(12)21-29(27,28)14-10-16(20)13(2)17(11-14)23(25)26/h5-7,10-11,21H,3-4,8-9H2,1-2H3. The fraction of sp³-hybridized carbons (Fsp3) is 0.316. The van der Waals surface area contributed by atoms with Gasteiger partial charge in [-0.2, -0.15) is 0 Å². The van der Waals surface area contributed by atoms with E-state index in [2.05, 4.69) is 4.72 Å². The second-order valence-corrected chi connectivity index (χ2v) is 9.00. The summed E-state index contributed by atoms with van der Waals surface area (Å²) in [6, 6.07) is 7.06. The Balaban J connectivity index is 2.04. The van der Waals surface area contributed by atoms with Crippen LogP contribution in [0.2, 0.25) is 5.02 Å². The highest BCUT2D eigenvalue weighted by atomic mass is 35.5. The number of aryl methyl sites for hydroxylation is 1. The number of rotatable bonds is 5. The molecule has 10 heteroatoms. The first-order chi connectivity index (χ1) is 13.6. The summed E-state index contributed by atoms with van der Waals surface area (Å²) in [6.45, 7) is 4.37. The number of nitro groups is 1. The molecule has 1 aliphatic heterocycles. The number of benzene rings is 2. The van der Waals surface area contributed by atoms with Gasteiger partial charge < -0.3 is 4.90 Å². The molecule has 0 radical (unpaired) electrons. The topological polar surface area (TPSA) is 110 Å². The summed E-state index contributed by atoms with van der Waals surface area (Å²) in [5.74, 6) is -0.253. The van der Waals surface area contributed by atoms with Gasteiger partial charge in [-0.3, -0.25) is 19.6 Å². The van der Waals surface area contributed by atoms with Gasteiger partial charge in [-0.15, -0.1) is 0 Å². The molecule has 2 aromatic carbocycles. The predicted molar refractivity (Wildman–Crippen MR) is 110 cm³/mol. The van der Waals surface area contributed by atoms with Crippen molar-refractivity contribution in [3.05, 3.63) is 62.2 Å². The Kier molecular flexibility index (Phi) is 5.81. The number of carbonyl (C=O) groups is 1. The minimum Gasteiger partial charge on any atom is -0.339 e. The minimum atomic E-state index is -4.22. The Bertz CT molecular complexity index is 1100. The lowest BCUT2D eigenvalue weighted by Gasteiger charge is -2.20. The van der Waals surface area contributed by atoms with Crippen LogP contribution >= 0.6 is 11.6 Å². The molecule has 0 saturated carbocycles. The highest BCUT2D eigenvalue weighted by Gasteiger charge is 2.27. The lowest BCUT2D eigenvalue weighted by molar-refractivity contribution is -0.385. The molecule has 2 aromatic rings. The molecule has 154 valence electrons. The number of likely N-dealkylation sites (tertiary alicyclic amines) is 1. The highest BCUT2D eigenvalue weighted by molar-refractivity contribution is 7.92. The van der Waals surface area contributed by atoms with E-state index in [1.54, 1.807) is 30.0 Å². The van der Waals surface area contributed by atoms with Gasteiger partial charge in [-0.1, -0.05) is 23.7 Å². The quantitative estimate of drug-likeness (QED) is 0.563. The third kappa shape index (κ3) is 4.20. The van der Waals surface area contributed by atoms with Crippen LogP contribution in [-0.4, -0.2) is 37.2 Å². The maximum atomic E-state index is 13.0. The van der Waals surface area contributed by atoms with Crippen LogP contribution in [0.25, 0.3) is 0 Å². The number of halogens is 1. The zero-order chi connectivity index (χ0) is 21.3. The molecule has 1 amide bonds. The van der Waals surface area contributed by atoms with Gasteiger partial charge in [0.05, 0.1) is 26.1 Å². The molecule has 8 nitrogen and oxygen atoms in total. The van der Waals surface area contributed by atoms with E-state index >= 15 is 0 Å². The first-order valence-corrected chi connectivity index (χ1v) is 10.8. The molecule has 0 spiro atoms. The fourth-order valence-corrected chi connectivity index (χ4v) is 4.73. The molecular weight excluding hydrogens is 418 g/mol. The van der Waals surface area contributed by atoms with Gasteiger partial charge in [0.15, 0.2) is 0 Å². The average Bonchev–Trinajstić information content (AvgIpc) is 3.19. The summed E-state index contributed by atoms with van der Waals surface area (Å²) in [5, 5.41) is 11.2. The number of carbonyl (C=O) groups excluding carboxylic acids is 1. The van der Waals surface area contributed by atoms with Crippen molar-refractivity contribution in [2.45, 2.75) is 31.6 Å². The van der Waals surface area contributed by atoms with Crippen molar-refractivity contribution in [1.29, 1.82) is 0 Å². The lowest BCUT2D eigenvalue weighted by Crippen LogP contribution is -2.29. The third-order valence-electron chi connectivity index (χ3n) is 4.93. The molecule has 29 heavy (non-hydrogen) atoms. The van der Waals surface area contributed by atoms with E-state index in [-0.39, 0.29) is 32.6 Å². The number of sulfonamides is 1. The van der Waals surface area contributed by atoms with Crippen LogP contribution in [0.1, 0.15) is 34.3 Å². The van der Waals surface area contributed by atoms with Gasteiger partial charge in [0.2, 0.25) is 0 Å². The number of para-hydroxylation sites is 1. The molecule has 1 aliphatic rings. The van der Waals surface area contributed by atoms with Crippen LogP contribution in [0, 0.1) is 24.0 Å². The van der Waals surface area contributed by atoms with E-state index in [1.165, 1.54) is 6.92 Å². The largest absolute Gasteiger partial charge is 0.339 e. The minimum absolute atomic E-state index is 0.0299. The average molecular weight is 438 g/mol. The Morgan fingerprint density at radius 3 is 2.48 bits per heavy atom. The van der Waals surface area contributed by atoms with Crippen LogP contribution in [0.15, 0.2) is 35.2 Å². The SMILES string of the molecule is Cc1cccc(C(=O)N2CCCC2)c1NS(=O)(=O)c1cc(Cl)c(C)c([N+](=O)[O-])c1. The Morgan fingerprint density at radius 2 is 1.86 bits per heavy atom. The van der Waals surface area contributed by atoms with E-state index in [9.17, 15) is 23.3 Å². The number of nitro benzene ring substituents is 1. The summed E-state index contributed by atoms with van der Waals surface area (Å²) in [4.78, 5) is 24.8. The van der Waals surface area contributed by atoms with E-state index in [4.69, 9.17) is 11.6 Å². The van der Waals surface area contributed by atoms with Crippen LogP contribution in [0.4, 0.5) is 11.4 Å². The van der Waals surface area contributed by atoms with Crippen molar-refractivity contribution in [1.82, 2.24) is 4.90 Å². The Morgan fingerprint density at radius 1 is 1.21 bits per heavy atom. The Hall–Kier alpha value is -2.65. The van der Waals surface area contributed by atoms with Gasteiger partial charge in [0.1, 0.15) is 0 Å². The number of amides is 1. The molecule has 1 N–H and O–H groups in total. The lowest BCUT2D eigenvalue weighted by atomic mass is 10.1. The first-order valence-electron chi connectivity index (χ1n) is 8.98. The summed E-state index contributed by atoms with van der Waals surface area (Å²) < 4.78 is 28.4. The van der Waals surface area contributed by atoms with Crippen LogP contribution in [-0.2, 0) is 10.0 Å². The molecule has 0 atom stereocenters. The zero-order valence-electron chi connectivity index (χ0n) is 15.9. The van der Waals surface area contributed by atoms with Gasteiger partial charge in [-0.25, -0.2) is 8.42 Å². The van der Waals surface area contributed by atoms with Crippen molar-refractivity contribution in [2.75, 3.05) is 17.8 Å². The number of nitrogens with zero attached hydrogens (tertiary/aromatic N) is 2. The van der Waals surface area contributed by atoms with E-state index < -0.39 is 20.6 Å². The van der Waals surface area contributed by atoms with E-state index in [0.29, 0.717) is 18.7 Å². The number of nitrogens with one attached hydrogen (secondary N) is 1. The van der Waals surface area contributed by atoms with Crippen molar-refractivity contribution >= 4 is 38.9 Å². The summed E-state index contributed by atoms with van der Waals surface area (Å²) >= 11 is 6.01. The van der Waals surface area contributed by atoms with Gasteiger partial charge in [0, 0.05) is 24.7 Å². The monoisotopic (exact) mass is 437 g/mol. The van der Waals surface area contributed by atoms with Gasteiger partial charge >= 0.3 is 0 Å². The van der Waals surface area contributed by atoms with Crippen molar-refractivity contribution in [2.24, 2.45) is 0 Å². The summed E-state index contributed by atoms with van der Waals surface area (Å²) in [6.07, 6.45) is 1.81. The van der Waals surface area contributed by atoms with Crippen LogP contribution in [0.5, 0.6) is 0 Å². The van der Waals surface area contributed by atoms with Crippen molar-refractivity contribution in [3.63, 3.8) is 0 Å². The third-order valence-corrected chi connectivity index (χ3v) is 6.65. The molecule has 0 aromatic heterocycles. The van der Waals surface area contributed by atoms with Gasteiger partial charge in [-0.05, 0) is 44.4 Å². The molecule has 0 aliphatic carbocycles. The maximum Gasteiger partial charge on any atom is 0.275 e. The van der Waals surface area contributed by atoms with Crippen LogP contribution < -0.4 is 4.72 Å². The number of anilines is 1. The zero-order valence-corrected chi connectivity index (χ0v) is 17.5. The first kappa shape index (κ1) is 21.1. The van der Waals surface area contributed by atoms with E-state index in [1.807, 2.05) is 0 Å². The molecule has 0 bridgehead atoms. The second kappa shape index (κ2) is 8.00. The molecule has 0 unspecified atom stereocenters. The Labute approximate surface area is 173 Å². The van der Waals surface area contributed by atoms with Crippen LogP contribution in [0.3, 0.4) is 0 Å². The smallest absolute Gasteiger partial charge is 0.275 e.